The molecule has 0 spiro atoms. The van der Waals surface area contributed by atoms with Crippen LogP contribution in [0.1, 0.15) is 43.0 Å². The van der Waals surface area contributed by atoms with E-state index in [1.54, 1.807) is 0 Å². The van der Waals surface area contributed by atoms with E-state index in [4.69, 9.17) is 5.11 Å². The fourth-order valence-electron chi connectivity index (χ4n) is 3.21. The average Bonchev–Trinajstić information content (AvgIpc) is 2.64. The minimum atomic E-state index is -0.932. The lowest BCUT2D eigenvalue weighted by atomic mass is 9.95. The fraction of sp³-hybridized carbons (Fsp3) is 0.526. The highest BCUT2D eigenvalue weighted by molar-refractivity contribution is 5.94. The molecule has 6 nitrogen and oxygen atoms in total. The van der Waals surface area contributed by atoms with Crippen LogP contribution in [0.5, 0.6) is 0 Å². The Balaban J connectivity index is 1.86. The summed E-state index contributed by atoms with van der Waals surface area (Å²) in [5.41, 5.74) is -0.192. The number of nitrogens with one attached hydrogen (secondary N) is 1. The molecule has 0 aliphatic carbocycles. The van der Waals surface area contributed by atoms with Gasteiger partial charge in [-0.2, -0.15) is 0 Å². The van der Waals surface area contributed by atoms with Crippen molar-refractivity contribution >= 4 is 17.8 Å². The molecule has 1 heterocycles. The van der Waals surface area contributed by atoms with E-state index in [0.717, 1.165) is 12.1 Å². The van der Waals surface area contributed by atoms with Crippen molar-refractivity contribution < 1.29 is 28.3 Å². The number of hydrogen-bond donors (Lipinski definition) is 2. The normalized spacial score (nSPS) is 16.0. The number of halogens is 2. The summed E-state index contributed by atoms with van der Waals surface area (Å²) in [6.07, 6.45) is 2.02. The van der Waals surface area contributed by atoms with Gasteiger partial charge in [0.15, 0.2) is 0 Å². The van der Waals surface area contributed by atoms with Gasteiger partial charge in [-0.1, -0.05) is 13.3 Å². The van der Waals surface area contributed by atoms with Gasteiger partial charge >= 0.3 is 5.97 Å². The Morgan fingerprint density at radius 2 is 1.93 bits per heavy atom. The molecule has 2 N–H and O–H groups in total. The molecule has 1 fully saturated rings. The van der Waals surface area contributed by atoms with Gasteiger partial charge < -0.3 is 15.3 Å². The zero-order chi connectivity index (χ0) is 20.0. The van der Waals surface area contributed by atoms with Crippen molar-refractivity contribution in [1.29, 1.82) is 0 Å². The minimum absolute atomic E-state index is 0.0853. The summed E-state index contributed by atoms with van der Waals surface area (Å²) >= 11 is 0. The molecule has 1 saturated heterocycles. The van der Waals surface area contributed by atoms with Crippen molar-refractivity contribution in [2.24, 2.45) is 11.8 Å². The number of carbonyl (C=O) groups is 3. The number of rotatable bonds is 7. The van der Waals surface area contributed by atoms with E-state index < -0.39 is 29.4 Å². The topological polar surface area (TPSA) is 86.7 Å². The molecule has 2 amide bonds. The number of piperidine rings is 1. The van der Waals surface area contributed by atoms with Crippen molar-refractivity contribution in [2.75, 3.05) is 19.6 Å². The van der Waals surface area contributed by atoms with E-state index in [-0.39, 0.29) is 37.0 Å². The summed E-state index contributed by atoms with van der Waals surface area (Å²) in [5, 5.41) is 11.8. The van der Waals surface area contributed by atoms with Crippen LogP contribution in [0.3, 0.4) is 0 Å². The van der Waals surface area contributed by atoms with Gasteiger partial charge in [0.2, 0.25) is 5.91 Å². The standard InChI is InChI=1S/C19H24F2N2O4/c1-2-3-13(19(26)27)11-22-17(24)12-6-8-23(9-7-12)18(25)15-5-4-14(20)10-16(15)21/h4-5,10,12-13H,2-3,6-9,11H2,1H3,(H,22,24)(H,26,27). The monoisotopic (exact) mass is 382 g/mol. The van der Waals surface area contributed by atoms with Gasteiger partial charge in [0, 0.05) is 31.6 Å². The predicted molar refractivity (Wildman–Crippen MR) is 94.0 cm³/mol. The van der Waals surface area contributed by atoms with E-state index >= 15 is 0 Å². The highest BCUT2D eigenvalue weighted by atomic mass is 19.1. The summed E-state index contributed by atoms with van der Waals surface area (Å²) in [4.78, 5) is 37.2. The molecular weight excluding hydrogens is 358 g/mol. The van der Waals surface area contributed by atoms with Gasteiger partial charge in [-0.05, 0) is 31.4 Å². The van der Waals surface area contributed by atoms with Crippen molar-refractivity contribution in [3.05, 3.63) is 35.4 Å². The third kappa shape index (κ3) is 5.48. The summed E-state index contributed by atoms with van der Waals surface area (Å²) in [7, 11) is 0. The number of amides is 2. The fourth-order valence-corrected chi connectivity index (χ4v) is 3.21. The van der Waals surface area contributed by atoms with Crippen LogP contribution in [0.15, 0.2) is 18.2 Å². The number of likely N-dealkylation sites (tertiary alicyclic amines) is 1. The van der Waals surface area contributed by atoms with Crippen molar-refractivity contribution in [3.8, 4) is 0 Å². The lowest BCUT2D eigenvalue weighted by Crippen LogP contribution is -2.44. The van der Waals surface area contributed by atoms with E-state index in [1.807, 2.05) is 6.92 Å². The highest BCUT2D eigenvalue weighted by Gasteiger charge is 2.29. The second kappa shape index (κ2) is 9.43. The molecule has 0 bridgehead atoms. The van der Waals surface area contributed by atoms with Crippen molar-refractivity contribution in [1.82, 2.24) is 10.2 Å². The zero-order valence-corrected chi connectivity index (χ0v) is 15.2. The summed E-state index contributed by atoms with van der Waals surface area (Å²) in [6, 6.07) is 2.82. The molecule has 0 radical (unpaired) electrons. The molecule has 148 valence electrons. The maximum absolute atomic E-state index is 13.8. The van der Waals surface area contributed by atoms with Crippen LogP contribution in [0, 0.1) is 23.5 Å². The SMILES string of the molecule is CCCC(CNC(=O)C1CCN(C(=O)c2ccc(F)cc2F)CC1)C(=O)O. The van der Waals surface area contributed by atoms with E-state index in [2.05, 4.69) is 5.32 Å². The van der Waals surface area contributed by atoms with Gasteiger partial charge in [-0.25, -0.2) is 8.78 Å². The molecular formula is C19H24F2N2O4. The van der Waals surface area contributed by atoms with Crippen LogP contribution in [0.25, 0.3) is 0 Å². The van der Waals surface area contributed by atoms with E-state index in [9.17, 15) is 23.2 Å². The largest absolute Gasteiger partial charge is 0.481 e. The molecule has 8 heteroatoms. The molecule has 27 heavy (non-hydrogen) atoms. The Morgan fingerprint density at radius 3 is 2.48 bits per heavy atom. The molecule has 1 aliphatic rings. The summed E-state index contributed by atoms with van der Waals surface area (Å²) in [6.45, 7) is 2.53. The Labute approximate surface area is 156 Å². The van der Waals surface area contributed by atoms with Gasteiger partial charge in [0.1, 0.15) is 11.6 Å². The van der Waals surface area contributed by atoms with Crippen LogP contribution in [0.2, 0.25) is 0 Å². The lowest BCUT2D eigenvalue weighted by Gasteiger charge is -2.31. The number of hydrogen-bond acceptors (Lipinski definition) is 3. The minimum Gasteiger partial charge on any atom is -0.481 e. The summed E-state index contributed by atoms with van der Waals surface area (Å²) in [5.74, 6) is -4.26. The van der Waals surface area contributed by atoms with Gasteiger partial charge in [-0.15, -0.1) is 0 Å². The zero-order valence-electron chi connectivity index (χ0n) is 15.2. The molecule has 1 aromatic carbocycles. The second-order valence-corrected chi connectivity index (χ2v) is 6.76. The molecule has 1 unspecified atom stereocenters. The summed E-state index contributed by atoms with van der Waals surface area (Å²) < 4.78 is 26.7. The first kappa shape index (κ1) is 20.8. The number of benzene rings is 1. The molecule has 1 aliphatic heterocycles. The lowest BCUT2D eigenvalue weighted by molar-refractivity contribution is -0.142. The molecule has 1 aromatic rings. The van der Waals surface area contributed by atoms with Gasteiger partial charge in [0.05, 0.1) is 11.5 Å². The highest BCUT2D eigenvalue weighted by Crippen LogP contribution is 2.21. The van der Waals surface area contributed by atoms with Gasteiger partial charge in [-0.3, -0.25) is 14.4 Å². The number of carboxylic acid groups (broad SMARTS) is 1. The first-order valence-corrected chi connectivity index (χ1v) is 9.08. The smallest absolute Gasteiger partial charge is 0.308 e. The number of aliphatic carboxylic acids is 1. The maximum Gasteiger partial charge on any atom is 0.308 e. The van der Waals surface area contributed by atoms with Crippen LogP contribution >= 0.6 is 0 Å². The quantitative estimate of drug-likeness (QED) is 0.758. The second-order valence-electron chi connectivity index (χ2n) is 6.76. The third-order valence-electron chi connectivity index (χ3n) is 4.82. The van der Waals surface area contributed by atoms with E-state index in [1.165, 1.54) is 4.90 Å². The first-order chi connectivity index (χ1) is 12.8. The molecule has 0 saturated carbocycles. The van der Waals surface area contributed by atoms with Crippen LogP contribution in [-0.4, -0.2) is 47.4 Å². The number of carbonyl (C=O) groups excluding carboxylic acids is 2. The van der Waals surface area contributed by atoms with Crippen LogP contribution in [-0.2, 0) is 9.59 Å². The maximum atomic E-state index is 13.8. The Morgan fingerprint density at radius 1 is 1.26 bits per heavy atom. The Hall–Kier alpha value is -2.51. The molecule has 1 atom stereocenters. The Bertz CT molecular complexity index is 703. The first-order valence-electron chi connectivity index (χ1n) is 9.08. The average molecular weight is 382 g/mol. The third-order valence-corrected chi connectivity index (χ3v) is 4.82. The number of carboxylic acids is 1. The molecule has 2 rings (SSSR count). The van der Waals surface area contributed by atoms with E-state index in [0.29, 0.717) is 31.7 Å². The van der Waals surface area contributed by atoms with Crippen molar-refractivity contribution in [3.63, 3.8) is 0 Å². The van der Waals surface area contributed by atoms with Crippen LogP contribution < -0.4 is 5.32 Å². The number of nitrogens with zero attached hydrogens (tertiary/aromatic N) is 1. The van der Waals surface area contributed by atoms with Crippen molar-refractivity contribution in [2.45, 2.75) is 32.6 Å². The molecule has 0 aromatic heterocycles. The van der Waals surface area contributed by atoms with Crippen LogP contribution in [0.4, 0.5) is 8.78 Å². The van der Waals surface area contributed by atoms with Gasteiger partial charge in [0.25, 0.3) is 5.91 Å². The Kier molecular flexibility index (Phi) is 7.27. The predicted octanol–water partition coefficient (Wildman–Crippen LogP) is 2.43.